The van der Waals surface area contributed by atoms with Crippen molar-refractivity contribution in [1.82, 2.24) is 0 Å². The standard InChI is InChI=1S/C19H18N2O5S/c1-25-14-7-3-12(4-8-14)20-19-21(13-5-9-15(26-2)10-6-13)17(22)11-16(27-19)18(23)24/h3-10,16H,11H2,1-2H3,(H,23,24)/p-1/t16-/m1/s1. The van der Waals surface area contributed by atoms with E-state index in [1.165, 1.54) is 4.90 Å². The second kappa shape index (κ2) is 8.13. The molecule has 1 aliphatic rings. The Kier molecular flexibility index (Phi) is 5.66. The van der Waals surface area contributed by atoms with Crippen molar-refractivity contribution < 1.29 is 24.2 Å². The molecular formula is C19H17N2O5S-. The smallest absolute Gasteiger partial charge is 0.234 e. The molecule has 140 valence electrons. The summed E-state index contributed by atoms with van der Waals surface area (Å²) in [6.07, 6.45) is -0.166. The fourth-order valence-electron chi connectivity index (χ4n) is 2.54. The molecule has 0 N–H and O–H groups in total. The minimum absolute atomic E-state index is 0.166. The minimum atomic E-state index is -1.29. The fourth-order valence-corrected chi connectivity index (χ4v) is 3.59. The number of carboxylic acid groups (broad SMARTS) is 1. The molecule has 0 radical (unpaired) electrons. The van der Waals surface area contributed by atoms with E-state index in [9.17, 15) is 14.7 Å². The van der Waals surface area contributed by atoms with Crippen LogP contribution in [0.5, 0.6) is 11.5 Å². The number of aliphatic imine (C=N–C) groups is 1. The maximum absolute atomic E-state index is 12.7. The van der Waals surface area contributed by atoms with Crippen LogP contribution >= 0.6 is 11.8 Å². The van der Waals surface area contributed by atoms with Crippen LogP contribution in [-0.4, -0.2) is 36.5 Å². The average Bonchev–Trinajstić information content (AvgIpc) is 2.68. The van der Waals surface area contributed by atoms with E-state index in [1.54, 1.807) is 62.8 Å². The molecule has 0 bridgehead atoms. The molecule has 2 aromatic rings. The number of ether oxygens (including phenoxy) is 2. The van der Waals surface area contributed by atoms with Crippen molar-refractivity contribution in [3.63, 3.8) is 0 Å². The van der Waals surface area contributed by atoms with Crippen LogP contribution in [0.1, 0.15) is 6.42 Å². The van der Waals surface area contributed by atoms with E-state index in [-0.39, 0.29) is 17.5 Å². The van der Waals surface area contributed by atoms with Crippen molar-refractivity contribution >= 4 is 40.2 Å². The largest absolute Gasteiger partial charge is 0.549 e. The first kappa shape index (κ1) is 18.8. The summed E-state index contributed by atoms with van der Waals surface area (Å²) in [5, 5.41) is 10.6. The fraction of sp³-hybridized carbons (Fsp3) is 0.211. The minimum Gasteiger partial charge on any atom is -0.549 e. The molecule has 7 nitrogen and oxygen atoms in total. The number of benzene rings is 2. The van der Waals surface area contributed by atoms with Crippen LogP contribution in [0.3, 0.4) is 0 Å². The third kappa shape index (κ3) is 4.22. The Morgan fingerprint density at radius 1 is 1.07 bits per heavy atom. The monoisotopic (exact) mass is 385 g/mol. The first-order valence-electron chi connectivity index (χ1n) is 8.09. The summed E-state index contributed by atoms with van der Waals surface area (Å²) in [6, 6.07) is 13.8. The zero-order chi connectivity index (χ0) is 19.4. The van der Waals surface area contributed by atoms with Gasteiger partial charge in [-0.05, 0) is 48.5 Å². The third-order valence-electron chi connectivity index (χ3n) is 3.94. The molecule has 0 unspecified atom stereocenters. The van der Waals surface area contributed by atoms with Crippen molar-refractivity contribution in [1.29, 1.82) is 0 Å². The summed E-state index contributed by atoms with van der Waals surface area (Å²) in [5.41, 5.74) is 1.15. The molecule has 1 amide bonds. The number of thioether (sulfide) groups is 1. The number of carbonyl (C=O) groups is 2. The van der Waals surface area contributed by atoms with Gasteiger partial charge in [0.05, 0.1) is 36.8 Å². The number of aliphatic carboxylic acids is 1. The number of hydrogen-bond donors (Lipinski definition) is 0. The van der Waals surface area contributed by atoms with E-state index in [2.05, 4.69) is 4.99 Å². The normalized spacial score (nSPS) is 18.4. The molecule has 0 aromatic heterocycles. The number of methoxy groups -OCH3 is 2. The van der Waals surface area contributed by atoms with Gasteiger partial charge in [-0.25, -0.2) is 4.99 Å². The summed E-state index contributed by atoms with van der Waals surface area (Å²) < 4.78 is 10.3. The van der Waals surface area contributed by atoms with Gasteiger partial charge in [-0.3, -0.25) is 9.69 Å². The van der Waals surface area contributed by atoms with Crippen molar-refractivity contribution in [2.24, 2.45) is 4.99 Å². The molecule has 1 fully saturated rings. The highest BCUT2D eigenvalue weighted by atomic mass is 32.2. The van der Waals surface area contributed by atoms with Gasteiger partial charge in [0, 0.05) is 6.42 Å². The van der Waals surface area contributed by atoms with Crippen LogP contribution in [0.4, 0.5) is 11.4 Å². The summed E-state index contributed by atoms with van der Waals surface area (Å²) in [6.45, 7) is 0. The number of carboxylic acids is 1. The van der Waals surface area contributed by atoms with E-state index < -0.39 is 11.2 Å². The van der Waals surface area contributed by atoms with E-state index in [0.717, 1.165) is 11.8 Å². The Hall–Kier alpha value is -3.00. The van der Waals surface area contributed by atoms with Crippen molar-refractivity contribution in [3.05, 3.63) is 48.5 Å². The van der Waals surface area contributed by atoms with Crippen LogP contribution in [0.25, 0.3) is 0 Å². The zero-order valence-electron chi connectivity index (χ0n) is 14.7. The predicted molar refractivity (Wildman–Crippen MR) is 102 cm³/mol. The van der Waals surface area contributed by atoms with Crippen LogP contribution in [0.15, 0.2) is 53.5 Å². The molecule has 0 saturated carbocycles. The molecule has 1 heterocycles. The van der Waals surface area contributed by atoms with E-state index in [1.807, 2.05) is 0 Å². The molecule has 1 atom stereocenters. The number of hydrogen-bond acceptors (Lipinski definition) is 7. The first-order valence-corrected chi connectivity index (χ1v) is 8.97. The van der Waals surface area contributed by atoms with Gasteiger partial charge in [0.2, 0.25) is 5.91 Å². The Morgan fingerprint density at radius 3 is 2.15 bits per heavy atom. The maximum atomic E-state index is 12.7. The summed E-state index contributed by atoms with van der Waals surface area (Å²) in [7, 11) is 3.12. The number of amidine groups is 1. The maximum Gasteiger partial charge on any atom is 0.234 e. The summed E-state index contributed by atoms with van der Waals surface area (Å²) in [5.74, 6) is -0.325. The third-order valence-corrected chi connectivity index (χ3v) is 5.07. The number of anilines is 1. The Balaban J connectivity index is 1.99. The van der Waals surface area contributed by atoms with E-state index in [0.29, 0.717) is 22.9 Å². The lowest BCUT2D eigenvalue weighted by Gasteiger charge is -2.32. The highest BCUT2D eigenvalue weighted by molar-refractivity contribution is 8.15. The number of carbonyl (C=O) groups excluding carboxylic acids is 2. The van der Waals surface area contributed by atoms with Gasteiger partial charge in [0.1, 0.15) is 11.5 Å². The summed E-state index contributed by atoms with van der Waals surface area (Å²) >= 11 is 0.992. The van der Waals surface area contributed by atoms with Crippen molar-refractivity contribution in [2.45, 2.75) is 11.7 Å². The zero-order valence-corrected chi connectivity index (χ0v) is 15.6. The SMILES string of the molecule is COc1ccc(N=C2S[C@@H](C(=O)[O-])CC(=O)N2c2ccc(OC)cc2)cc1. The van der Waals surface area contributed by atoms with Gasteiger partial charge < -0.3 is 19.4 Å². The number of rotatable bonds is 5. The molecule has 0 aliphatic carbocycles. The summed E-state index contributed by atoms with van der Waals surface area (Å²) in [4.78, 5) is 29.9. The predicted octanol–water partition coefficient (Wildman–Crippen LogP) is 1.98. The molecule has 1 aliphatic heterocycles. The Bertz CT molecular complexity index is 865. The second-order valence-electron chi connectivity index (χ2n) is 5.65. The van der Waals surface area contributed by atoms with E-state index in [4.69, 9.17) is 9.47 Å². The highest BCUT2D eigenvalue weighted by Crippen LogP contribution is 2.33. The van der Waals surface area contributed by atoms with E-state index >= 15 is 0 Å². The molecule has 27 heavy (non-hydrogen) atoms. The van der Waals surface area contributed by atoms with Gasteiger partial charge in [-0.2, -0.15) is 0 Å². The first-order chi connectivity index (χ1) is 13.0. The van der Waals surface area contributed by atoms with Gasteiger partial charge in [-0.15, -0.1) is 0 Å². The molecule has 1 saturated heterocycles. The van der Waals surface area contributed by atoms with Gasteiger partial charge in [0.15, 0.2) is 5.17 Å². The van der Waals surface area contributed by atoms with Crippen LogP contribution in [0, 0.1) is 0 Å². The molecular weight excluding hydrogens is 368 g/mol. The van der Waals surface area contributed by atoms with Crippen LogP contribution in [0.2, 0.25) is 0 Å². The Morgan fingerprint density at radius 2 is 1.63 bits per heavy atom. The molecule has 0 spiro atoms. The van der Waals surface area contributed by atoms with Gasteiger partial charge in [-0.1, -0.05) is 11.8 Å². The quantitative estimate of drug-likeness (QED) is 0.782. The molecule has 2 aromatic carbocycles. The number of nitrogens with zero attached hydrogens (tertiary/aromatic N) is 2. The van der Waals surface area contributed by atoms with Gasteiger partial charge >= 0.3 is 0 Å². The number of amides is 1. The molecule has 3 rings (SSSR count). The highest BCUT2D eigenvalue weighted by Gasteiger charge is 2.33. The molecule has 8 heteroatoms. The van der Waals surface area contributed by atoms with Crippen LogP contribution in [-0.2, 0) is 9.59 Å². The lowest BCUT2D eigenvalue weighted by Crippen LogP contribution is -2.47. The second-order valence-corrected chi connectivity index (χ2v) is 6.82. The van der Waals surface area contributed by atoms with Crippen LogP contribution < -0.4 is 19.5 Å². The Labute approximate surface area is 160 Å². The lowest BCUT2D eigenvalue weighted by molar-refractivity contribution is -0.304. The lowest BCUT2D eigenvalue weighted by atomic mass is 10.2. The van der Waals surface area contributed by atoms with Gasteiger partial charge in [0.25, 0.3) is 0 Å². The van der Waals surface area contributed by atoms with Crippen molar-refractivity contribution in [3.8, 4) is 11.5 Å². The topological polar surface area (TPSA) is 91.3 Å². The van der Waals surface area contributed by atoms with Crippen molar-refractivity contribution in [2.75, 3.05) is 19.1 Å². The average molecular weight is 385 g/mol.